The van der Waals surface area contributed by atoms with Crippen LogP contribution in [0.1, 0.15) is 30.4 Å². The molecule has 1 aliphatic heterocycles. The van der Waals surface area contributed by atoms with Crippen LogP contribution in [0.2, 0.25) is 0 Å². The van der Waals surface area contributed by atoms with Crippen LogP contribution in [0.15, 0.2) is 18.2 Å². The summed E-state index contributed by atoms with van der Waals surface area (Å²) in [6.07, 6.45) is 3.40. The molecule has 1 heterocycles. The van der Waals surface area contributed by atoms with E-state index < -0.39 is 0 Å². The van der Waals surface area contributed by atoms with Gasteiger partial charge in [0.05, 0.1) is 6.54 Å². The number of benzene rings is 1. The molecule has 2 amide bonds. The first-order valence-corrected chi connectivity index (χ1v) is 7.06. The van der Waals surface area contributed by atoms with E-state index in [9.17, 15) is 4.79 Å². The predicted molar refractivity (Wildman–Crippen MR) is 81.6 cm³/mol. The fourth-order valence-corrected chi connectivity index (χ4v) is 2.28. The van der Waals surface area contributed by atoms with Crippen molar-refractivity contribution in [2.24, 2.45) is 5.73 Å². The Morgan fingerprint density at radius 3 is 2.80 bits per heavy atom. The number of rotatable bonds is 1. The molecule has 0 spiro atoms. The van der Waals surface area contributed by atoms with Gasteiger partial charge in [-0.3, -0.25) is 0 Å². The number of nitrogens with two attached hydrogens (primary N) is 1. The lowest BCUT2D eigenvalue weighted by Crippen LogP contribution is -2.38. The normalized spacial score (nSPS) is 14.4. The standard InChI is InChI=1S/C16H21N3O/c1-13-7-8-14(6-5-9-17)12-15(13)18-16(20)19-10-3-2-4-11-19/h7-8,12H,2-4,9-11,17H2,1H3,(H,18,20). The van der Waals surface area contributed by atoms with Crippen molar-refractivity contribution in [3.8, 4) is 11.8 Å². The van der Waals surface area contributed by atoms with Gasteiger partial charge in [0.15, 0.2) is 0 Å². The number of hydrogen-bond acceptors (Lipinski definition) is 2. The van der Waals surface area contributed by atoms with Crippen LogP contribution in [-0.2, 0) is 0 Å². The smallest absolute Gasteiger partial charge is 0.321 e. The fraction of sp³-hybridized carbons (Fsp3) is 0.438. The second-order valence-corrected chi connectivity index (χ2v) is 5.01. The van der Waals surface area contributed by atoms with Crippen molar-refractivity contribution in [3.05, 3.63) is 29.3 Å². The first-order chi connectivity index (χ1) is 9.70. The minimum absolute atomic E-state index is 0.0169. The van der Waals surface area contributed by atoms with Crippen LogP contribution in [0.3, 0.4) is 0 Å². The summed E-state index contributed by atoms with van der Waals surface area (Å²) in [4.78, 5) is 14.1. The minimum Gasteiger partial charge on any atom is -0.325 e. The van der Waals surface area contributed by atoms with Gasteiger partial charge in [0.1, 0.15) is 0 Å². The Labute approximate surface area is 120 Å². The van der Waals surface area contributed by atoms with Crippen molar-refractivity contribution in [1.82, 2.24) is 4.90 Å². The van der Waals surface area contributed by atoms with Crippen LogP contribution in [0.25, 0.3) is 0 Å². The summed E-state index contributed by atoms with van der Waals surface area (Å²) >= 11 is 0. The second kappa shape index (κ2) is 6.97. The molecule has 4 nitrogen and oxygen atoms in total. The van der Waals surface area contributed by atoms with E-state index in [4.69, 9.17) is 5.73 Å². The van der Waals surface area contributed by atoms with Crippen LogP contribution in [0.4, 0.5) is 10.5 Å². The summed E-state index contributed by atoms with van der Waals surface area (Å²) in [5.41, 5.74) is 8.10. The zero-order valence-electron chi connectivity index (χ0n) is 11.9. The number of nitrogens with one attached hydrogen (secondary N) is 1. The highest BCUT2D eigenvalue weighted by Gasteiger charge is 2.16. The quantitative estimate of drug-likeness (QED) is 0.770. The molecule has 20 heavy (non-hydrogen) atoms. The highest BCUT2D eigenvalue weighted by molar-refractivity contribution is 5.90. The van der Waals surface area contributed by atoms with Crippen LogP contribution < -0.4 is 11.1 Å². The SMILES string of the molecule is Cc1ccc(C#CCN)cc1NC(=O)N1CCCCC1. The number of carbonyl (C=O) groups excluding carboxylic acids is 1. The molecular weight excluding hydrogens is 250 g/mol. The molecule has 1 aliphatic rings. The van der Waals surface area contributed by atoms with E-state index in [2.05, 4.69) is 17.2 Å². The van der Waals surface area contributed by atoms with Gasteiger partial charge in [0.25, 0.3) is 0 Å². The van der Waals surface area contributed by atoms with E-state index in [-0.39, 0.29) is 6.03 Å². The summed E-state index contributed by atoms with van der Waals surface area (Å²) < 4.78 is 0. The molecule has 106 valence electrons. The van der Waals surface area contributed by atoms with Crippen molar-refractivity contribution in [2.75, 3.05) is 25.0 Å². The van der Waals surface area contributed by atoms with Crippen molar-refractivity contribution in [3.63, 3.8) is 0 Å². The maximum absolute atomic E-state index is 12.2. The molecule has 1 saturated heterocycles. The zero-order valence-corrected chi connectivity index (χ0v) is 11.9. The number of aryl methyl sites for hydroxylation is 1. The molecule has 0 bridgehead atoms. The van der Waals surface area contributed by atoms with Gasteiger partial charge in [-0.15, -0.1) is 0 Å². The summed E-state index contributed by atoms with van der Waals surface area (Å²) in [5.74, 6) is 5.81. The minimum atomic E-state index is -0.0169. The molecule has 1 fully saturated rings. The van der Waals surface area contributed by atoms with Crippen molar-refractivity contribution >= 4 is 11.7 Å². The number of nitrogens with zero attached hydrogens (tertiary/aromatic N) is 1. The first-order valence-electron chi connectivity index (χ1n) is 7.06. The molecule has 0 unspecified atom stereocenters. The highest BCUT2D eigenvalue weighted by Crippen LogP contribution is 2.18. The number of urea groups is 1. The van der Waals surface area contributed by atoms with Crippen LogP contribution >= 0.6 is 0 Å². The molecule has 0 atom stereocenters. The molecule has 1 aromatic rings. The van der Waals surface area contributed by atoms with E-state index in [0.717, 1.165) is 42.7 Å². The van der Waals surface area contributed by atoms with Gasteiger partial charge in [-0.1, -0.05) is 17.9 Å². The lowest BCUT2D eigenvalue weighted by atomic mass is 10.1. The third kappa shape index (κ3) is 3.75. The maximum atomic E-state index is 12.2. The lowest BCUT2D eigenvalue weighted by Gasteiger charge is -2.27. The third-order valence-electron chi connectivity index (χ3n) is 3.46. The van der Waals surface area contributed by atoms with Gasteiger partial charge in [-0.25, -0.2) is 4.79 Å². The molecule has 2 rings (SSSR count). The van der Waals surface area contributed by atoms with Crippen LogP contribution in [0, 0.1) is 18.8 Å². The number of carbonyl (C=O) groups is 1. The van der Waals surface area contributed by atoms with Gasteiger partial charge in [0, 0.05) is 24.3 Å². The number of likely N-dealkylation sites (tertiary alicyclic amines) is 1. The van der Waals surface area contributed by atoms with E-state index in [1.165, 1.54) is 6.42 Å². The number of hydrogen-bond donors (Lipinski definition) is 2. The van der Waals surface area contributed by atoms with E-state index >= 15 is 0 Å². The van der Waals surface area contributed by atoms with Crippen molar-refractivity contribution in [2.45, 2.75) is 26.2 Å². The molecule has 0 aromatic heterocycles. The van der Waals surface area contributed by atoms with Crippen LogP contribution in [-0.4, -0.2) is 30.6 Å². The average Bonchev–Trinajstić information content (AvgIpc) is 2.49. The predicted octanol–water partition coefficient (Wildman–Crippen LogP) is 2.32. The summed E-state index contributed by atoms with van der Waals surface area (Å²) in [6.45, 7) is 4.00. The molecular formula is C16H21N3O. The summed E-state index contributed by atoms with van der Waals surface area (Å²) in [7, 11) is 0. The highest BCUT2D eigenvalue weighted by atomic mass is 16.2. The van der Waals surface area contributed by atoms with Gasteiger partial charge in [0.2, 0.25) is 0 Å². The molecule has 0 radical (unpaired) electrons. The molecule has 0 aliphatic carbocycles. The Balaban J connectivity index is 2.09. The largest absolute Gasteiger partial charge is 0.325 e. The Kier molecular flexibility index (Phi) is 5.03. The number of piperidine rings is 1. The second-order valence-electron chi connectivity index (χ2n) is 5.01. The lowest BCUT2D eigenvalue weighted by molar-refractivity contribution is 0.200. The molecule has 4 heteroatoms. The number of amides is 2. The van der Waals surface area contributed by atoms with Gasteiger partial charge in [-0.2, -0.15) is 0 Å². The number of anilines is 1. The van der Waals surface area contributed by atoms with Gasteiger partial charge in [-0.05, 0) is 43.9 Å². The summed E-state index contributed by atoms with van der Waals surface area (Å²) in [5, 5.41) is 2.98. The van der Waals surface area contributed by atoms with Crippen molar-refractivity contribution < 1.29 is 4.79 Å². The zero-order chi connectivity index (χ0) is 14.4. The molecule has 1 aromatic carbocycles. The molecule has 0 saturated carbocycles. The van der Waals surface area contributed by atoms with E-state index in [0.29, 0.717) is 6.54 Å². The Morgan fingerprint density at radius 1 is 1.35 bits per heavy atom. The Morgan fingerprint density at radius 2 is 2.10 bits per heavy atom. The first kappa shape index (κ1) is 14.4. The Hall–Kier alpha value is -1.99. The van der Waals surface area contributed by atoms with E-state index in [1.54, 1.807) is 0 Å². The topological polar surface area (TPSA) is 58.4 Å². The summed E-state index contributed by atoms with van der Waals surface area (Å²) in [6, 6.07) is 5.79. The van der Waals surface area contributed by atoms with Gasteiger partial charge < -0.3 is 16.0 Å². The average molecular weight is 271 g/mol. The van der Waals surface area contributed by atoms with E-state index in [1.807, 2.05) is 30.0 Å². The Bertz CT molecular complexity index is 536. The van der Waals surface area contributed by atoms with Crippen molar-refractivity contribution in [1.29, 1.82) is 0 Å². The maximum Gasteiger partial charge on any atom is 0.321 e. The van der Waals surface area contributed by atoms with Gasteiger partial charge >= 0.3 is 6.03 Å². The monoisotopic (exact) mass is 271 g/mol. The fourth-order valence-electron chi connectivity index (χ4n) is 2.28. The third-order valence-corrected chi connectivity index (χ3v) is 3.46. The van der Waals surface area contributed by atoms with Crippen LogP contribution in [0.5, 0.6) is 0 Å². The molecule has 3 N–H and O–H groups in total.